The monoisotopic (exact) mass is 591 g/mol. The maximum atomic E-state index is 14.4. The lowest BCUT2D eigenvalue weighted by Crippen LogP contribution is -2.63. The van der Waals surface area contributed by atoms with Crippen molar-refractivity contribution in [2.45, 2.75) is 85.7 Å². The maximum Gasteiger partial charge on any atom is 0.238 e. The van der Waals surface area contributed by atoms with Gasteiger partial charge in [-0.15, -0.1) is 0 Å². The summed E-state index contributed by atoms with van der Waals surface area (Å²) in [6.45, 7) is -17.5. The molecular formula is C34H53N3O4. The highest BCUT2D eigenvalue weighted by atomic mass is 16.5. The molecule has 3 rings (SSSR count). The summed E-state index contributed by atoms with van der Waals surface area (Å²) in [6.07, 6.45) is -2.73. The first kappa shape index (κ1) is 13.4. The fraction of sp³-hybridized carbons (Fsp3) is 0.618. The molecule has 0 saturated carbocycles. The zero-order valence-corrected chi connectivity index (χ0v) is 25.0. The summed E-state index contributed by atoms with van der Waals surface area (Å²) in [7, 11) is 0.735. The van der Waals surface area contributed by atoms with E-state index in [0.29, 0.717) is 6.92 Å². The number of benzene rings is 2. The average molecular weight is 591 g/mol. The lowest BCUT2D eigenvalue weighted by Gasteiger charge is -2.49. The standard InChI is InChI=1S/C34H53N3O4/c1-11-27-14-13-15-28(24(3)4)32(27)35-31(38)20-36-16-17-37(33(7,8)21-36)22-34(9,39-10)23-41-30-19-26(6)25(5)18-29(30)40-12-2/h13-15,18-19,24H,11-12,16-17,20-23H2,1-10H3,(H,35,38)/i11D2,12D2,13D,14D,15D,16D2,17D2,18D,19D,20D2,21D2,22D2,23D2,24D/hD. The second kappa shape index (κ2) is 14.0. The number of methoxy groups -OCH3 is 1. The largest absolute Gasteiger partial charge is 0.490 e. The second-order valence-corrected chi connectivity index (χ2v) is 9.84. The highest BCUT2D eigenvalue weighted by Crippen LogP contribution is 2.33. The van der Waals surface area contributed by atoms with Crippen molar-refractivity contribution >= 4 is 11.6 Å². The van der Waals surface area contributed by atoms with Gasteiger partial charge in [-0.3, -0.25) is 14.6 Å². The Morgan fingerprint density at radius 1 is 1.22 bits per heavy atom. The molecule has 0 bridgehead atoms. The van der Waals surface area contributed by atoms with Gasteiger partial charge in [-0.1, -0.05) is 38.9 Å². The summed E-state index contributed by atoms with van der Waals surface area (Å²) in [6, 6.07) is -4.05. The molecule has 0 aliphatic carbocycles. The van der Waals surface area contributed by atoms with Crippen molar-refractivity contribution in [3.63, 3.8) is 0 Å². The van der Waals surface area contributed by atoms with Crippen LogP contribution in [0, 0.1) is 13.8 Å². The van der Waals surface area contributed by atoms with E-state index in [1.807, 2.05) is 0 Å². The van der Waals surface area contributed by atoms with Crippen LogP contribution in [0.1, 0.15) is 107 Å². The predicted octanol–water partition coefficient (Wildman–Crippen LogP) is 6.21. The fourth-order valence-electron chi connectivity index (χ4n) is 3.45. The minimum absolute atomic E-state index is 0.0323. The van der Waals surface area contributed by atoms with Crippen LogP contribution in [-0.4, -0.2) is 79.6 Å². The summed E-state index contributed by atoms with van der Waals surface area (Å²) in [4.78, 5) is 13.7. The number of anilines is 1. The number of hydrogen-bond acceptors (Lipinski definition) is 6. The van der Waals surface area contributed by atoms with Crippen molar-refractivity contribution in [3.8, 4) is 11.5 Å². The summed E-state index contributed by atoms with van der Waals surface area (Å²) < 4.78 is 219. The van der Waals surface area contributed by atoms with Gasteiger partial charge in [-0.25, -0.2) is 0 Å². The van der Waals surface area contributed by atoms with Gasteiger partial charge in [0, 0.05) is 59.4 Å². The van der Waals surface area contributed by atoms with Crippen LogP contribution in [0.3, 0.4) is 0 Å². The van der Waals surface area contributed by atoms with Crippen LogP contribution >= 0.6 is 0 Å². The van der Waals surface area contributed by atoms with E-state index in [9.17, 15) is 13.0 Å². The molecule has 1 amide bonds. The van der Waals surface area contributed by atoms with Crippen LogP contribution in [0.15, 0.2) is 30.2 Å². The molecular weight excluding hydrogens is 514 g/mol. The number of nitrogens with one attached hydrogen (secondary N) is 1. The van der Waals surface area contributed by atoms with Gasteiger partial charge in [0.05, 0.1) is 28.1 Å². The van der Waals surface area contributed by atoms with E-state index in [4.69, 9.17) is 37.6 Å². The van der Waals surface area contributed by atoms with Crippen LogP contribution in [0.2, 0.25) is 1.41 Å². The van der Waals surface area contributed by atoms with E-state index in [2.05, 4.69) is 0 Å². The van der Waals surface area contributed by atoms with Crippen LogP contribution < -0.4 is 14.8 Å². The molecule has 1 unspecified atom stereocenters. The quantitative estimate of drug-likeness (QED) is 0.299. The predicted molar refractivity (Wildman–Crippen MR) is 169 cm³/mol. The number of carbonyl (C=O) groups is 1. The normalized spacial score (nSPS) is 31.2. The van der Waals surface area contributed by atoms with Crippen molar-refractivity contribution < 1.29 is 50.6 Å². The number of nitrogens with zero attached hydrogens (tertiary/aromatic N) is 2. The van der Waals surface area contributed by atoms with Crippen molar-refractivity contribution in [2.24, 2.45) is 0 Å². The van der Waals surface area contributed by atoms with Crippen molar-refractivity contribution in [2.75, 3.05) is 58.0 Å². The molecule has 7 heteroatoms. The molecule has 228 valence electrons. The molecule has 7 nitrogen and oxygen atoms in total. The Morgan fingerprint density at radius 2 is 1.88 bits per heavy atom. The Kier molecular flexibility index (Phi) is 4.57. The second-order valence-electron chi connectivity index (χ2n) is 9.84. The Bertz CT molecular complexity index is 2110. The molecule has 1 aliphatic rings. The SMILES string of the molecule is [2H]c1c([2H])c(C([2H])([2H])C)c(N([2H])C(=O)C([2H])([2H])N2C([2H])([2H])C([2H])([2H])N(C([2H])([2H])C(C)(OC)C([2H])([2H])Oc3c([2H])c(C)c(C)c([2H])c3OC([2H])([2H])C)C(C)(C)C2([2H])[2H])c(C([2H])(C)C)c1[2H]. The summed E-state index contributed by atoms with van der Waals surface area (Å²) in [5, 5.41) is -0.413. The number of amides is 1. The van der Waals surface area contributed by atoms with Gasteiger partial charge in [0.15, 0.2) is 12.9 Å². The molecule has 0 spiro atoms. The number of ether oxygens (including phenoxy) is 3. The molecule has 2 aromatic carbocycles. The summed E-state index contributed by atoms with van der Waals surface area (Å²) in [5.74, 6) is -6.03. The Morgan fingerprint density at radius 3 is 2.46 bits per heavy atom. The summed E-state index contributed by atoms with van der Waals surface area (Å²) in [5.41, 5.74) is -8.81. The summed E-state index contributed by atoms with van der Waals surface area (Å²) >= 11 is 0. The third-order valence-corrected chi connectivity index (χ3v) is 5.89. The number of rotatable bonds is 13. The molecule has 1 N–H and O–H groups in total. The zero-order chi connectivity index (χ0) is 50.9. The highest BCUT2D eigenvalue weighted by Gasteiger charge is 2.39. The van der Waals surface area contributed by atoms with Crippen molar-refractivity contribution in [3.05, 3.63) is 52.5 Å². The maximum absolute atomic E-state index is 14.4. The first-order valence-electron chi connectivity index (χ1n) is 24.1. The third-order valence-electron chi connectivity index (χ3n) is 5.89. The number of para-hydroxylation sites is 1. The molecule has 1 atom stereocenters. The van der Waals surface area contributed by atoms with E-state index in [0.717, 1.165) is 48.7 Å². The van der Waals surface area contributed by atoms with Crippen LogP contribution in [0.25, 0.3) is 0 Å². The van der Waals surface area contributed by atoms with Gasteiger partial charge in [0.2, 0.25) is 5.91 Å². The van der Waals surface area contributed by atoms with Crippen LogP contribution in [0.5, 0.6) is 11.5 Å². The lowest BCUT2D eigenvalue weighted by atomic mass is 9.95. The van der Waals surface area contributed by atoms with Crippen molar-refractivity contribution in [1.82, 2.24) is 9.80 Å². The number of piperazine rings is 1. The molecule has 1 saturated heterocycles. The topological polar surface area (TPSA) is 63.3 Å². The smallest absolute Gasteiger partial charge is 0.238 e. The van der Waals surface area contributed by atoms with E-state index >= 15 is 0 Å². The highest BCUT2D eigenvalue weighted by molar-refractivity contribution is 5.94. The molecule has 0 radical (unpaired) electrons. The Balaban J connectivity index is 2.37. The fourth-order valence-corrected chi connectivity index (χ4v) is 3.45. The van der Waals surface area contributed by atoms with Crippen LogP contribution in [-0.2, 0) is 15.9 Å². The van der Waals surface area contributed by atoms with E-state index < -0.39 is 144 Å². The molecule has 0 aromatic heterocycles. The molecule has 1 heterocycles. The zero-order valence-electron chi connectivity index (χ0n) is 48.0. The van der Waals surface area contributed by atoms with Gasteiger partial charge < -0.3 is 19.5 Å². The van der Waals surface area contributed by atoms with Crippen molar-refractivity contribution in [1.29, 1.82) is 0 Å². The van der Waals surface area contributed by atoms with Gasteiger partial charge in [0.25, 0.3) is 0 Å². The van der Waals surface area contributed by atoms with Gasteiger partial charge in [-0.2, -0.15) is 0 Å². The first-order valence-corrected chi connectivity index (χ1v) is 12.7. The minimum Gasteiger partial charge on any atom is -0.490 e. The first-order chi connectivity index (χ1) is 28.0. The average Bonchev–Trinajstić information content (AvgIpc) is 3.09. The number of hydrogen-bond donors (Lipinski definition) is 1. The van der Waals surface area contributed by atoms with Gasteiger partial charge >= 0.3 is 0 Å². The third kappa shape index (κ3) is 8.46. The lowest BCUT2D eigenvalue weighted by molar-refractivity contribution is -0.120. The van der Waals surface area contributed by atoms with E-state index in [1.54, 1.807) is 0 Å². The minimum atomic E-state index is -4.25. The molecule has 41 heavy (non-hydrogen) atoms. The van der Waals surface area contributed by atoms with Gasteiger partial charge in [0.1, 0.15) is 12.2 Å². The molecule has 1 fully saturated rings. The number of carbonyl (C=O) groups excluding carboxylic acids is 1. The Labute approximate surface area is 280 Å². The van der Waals surface area contributed by atoms with E-state index in [-0.39, 0.29) is 16.0 Å². The molecule has 1 aliphatic heterocycles. The van der Waals surface area contributed by atoms with Gasteiger partial charge in [-0.05, 0) is 88.1 Å². The molecule has 2 aromatic rings. The van der Waals surface area contributed by atoms with Crippen LogP contribution in [0.4, 0.5) is 5.69 Å². The van der Waals surface area contributed by atoms with E-state index in [1.165, 1.54) is 13.8 Å². The Hall–Kier alpha value is -2.61.